The molecule has 0 spiro atoms. The van der Waals surface area contributed by atoms with Gasteiger partial charge in [-0.05, 0) is 57.0 Å². The maximum Gasteiger partial charge on any atom is 0.269 e. The van der Waals surface area contributed by atoms with E-state index in [4.69, 9.17) is 0 Å². The number of hydrogen-bond acceptors (Lipinski definition) is 5. The van der Waals surface area contributed by atoms with E-state index in [0.29, 0.717) is 16.3 Å². The van der Waals surface area contributed by atoms with Crippen molar-refractivity contribution in [2.24, 2.45) is 0 Å². The van der Waals surface area contributed by atoms with Gasteiger partial charge in [-0.15, -0.1) is 0 Å². The molecule has 0 aromatic heterocycles. The van der Waals surface area contributed by atoms with E-state index in [0.717, 1.165) is 0 Å². The number of benzene rings is 2. The van der Waals surface area contributed by atoms with Crippen LogP contribution in [0.15, 0.2) is 53.4 Å². The lowest BCUT2D eigenvalue weighted by molar-refractivity contribution is -0.142. The Balaban J connectivity index is 1.84. The Bertz CT molecular complexity index is 1220. The first-order chi connectivity index (χ1) is 16.3. The minimum atomic E-state index is -4.05. The van der Waals surface area contributed by atoms with Gasteiger partial charge >= 0.3 is 0 Å². The highest BCUT2D eigenvalue weighted by Gasteiger charge is 2.41. The standard InChI is InChI=1S/C25H30FN3O5S/c1-5-20(23(31)27-25(2,3)4)28(16-17-10-12-18(26)13-11-17)22(30)14-15-29-24(32)19-8-6-7-9-21(19)35(29,33)34/h6-13,20H,5,14-16H2,1-4H3,(H,27,31)/t20-/m0/s1. The van der Waals surface area contributed by atoms with Gasteiger partial charge in [0.1, 0.15) is 16.8 Å². The number of carbonyl (C=O) groups excluding carboxylic acids is 3. The van der Waals surface area contributed by atoms with E-state index in [1.165, 1.54) is 47.4 Å². The van der Waals surface area contributed by atoms with Crippen LogP contribution in [0.5, 0.6) is 0 Å². The minimum absolute atomic E-state index is 0.0239. The molecule has 3 rings (SSSR count). The highest BCUT2D eigenvalue weighted by atomic mass is 32.2. The van der Waals surface area contributed by atoms with Crippen molar-refractivity contribution in [1.82, 2.24) is 14.5 Å². The summed E-state index contributed by atoms with van der Waals surface area (Å²) in [6.45, 7) is 6.91. The Morgan fingerprint density at radius 1 is 1.09 bits per heavy atom. The summed E-state index contributed by atoms with van der Waals surface area (Å²) in [5, 5.41) is 2.88. The van der Waals surface area contributed by atoms with Crippen molar-refractivity contribution in [3.8, 4) is 0 Å². The third-order valence-corrected chi connectivity index (χ3v) is 7.43. The summed E-state index contributed by atoms with van der Waals surface area (Å²) in [5.41, 5.74) is 0.148. The predicted molar refractivity (Wildman–Crippen MR) is 128 cm³/mol. The average molecular weight is 504 g/mol. The molecule has 0 saturated carbocycles. The molecule has 2 aromatic rings. The van der Waals surface area contributed by atoms with Gasteiger partial charge < -0.3 is 10.2 Å². The number of halogens is 1. The van der Waals surface area contributed by atoms with Crippen molar-refractivity contribution >= 4 is 27.7 Å². The molecule has 35 heavy (non-hydrogen) atoms. The van der Waals surface area contributed by atoms with Gasteiger partial charge in [0, 0.05) is 25.0 Å². The van der Waals surface area contributed by atoms with E-state index in [1.54, 1.807) is 13.0 Å². The number of carbonyl (C=O) groups is 3. The third-order valence-electron chi connectivity index (χ3n) is 5.59. The summed E-state index contributed by atoms with van der Waals surface area (Å²) in [5.74, 6) is -1.96. The lowest BCUT2D eigenvalue weighted by Gasteiger charge is -2.33. The van der Waals surface area contributed by atoms with Crippen LogP contribution in [0, 0.1) is 5.82 Å². The van der Waals surface area contributed by atoms with E-state index in [-0.39, 0.29) is 35.9 Å². The number of amides is 3. The van der Waals surface area contributed by atoms with E-state index in [9.17, 15) is 27.2 Å². The smallest absolute Gasteiger partial charge is 0.269 e. The van der Waals surface area contributed by atoms with Crippen molar-refractivity contribution in [2.45, 2.75) is 63.6 Å². The van der Waals surface area contributed by atoms with Crippen LogP contribution in [0.2, 0.25) is 0 Å². The monoisotopic (exact) mass is 503 g/mol. The number of sulfonamides is 1. The molecule has 1 atom stereocenters. The molecular formula is C25H30FN3O5S. The quantitative estimate of drug-likeness (QED) is 0.596. The zero-order chi connectivity index (χ0) is 26.0. The SMILES string of the molecule is CC[C@@H](C(=O)NC(C)(C)C)N(Cc1ccc(F)cc1)C(=O)CCN1C(=O)c2ccccc2S1(=O)=O. The van der Waals surface area contributed by atoms with Gasteiger partial charge in [-0.25, -0.2) is 17.1 Å². The van der Waals surface area contributed by atoms with Crippen LogP contribution < -0.4 is 5.32 Å². The molecule has 0 unspecified atom stereocenters. The van der Waals surface area contributed by atoms with E-state index in [2.05, 4.69) is 5.32 Å². The second kappa shape index (κ2) is 10.2. The Kier molecular flexibility index (Phi) is 7.64. The zero-order valence-corrected chi connectivity index (χ0v) is 21.1. The summed E-state index contributed by atoms with van der Waals surface area (Å²) in [4.78, 5) is 40.4. The van der Waals surface area contributed by atoms with Crippen molar-refractivity contribution in [3.05, 3.63) is 65.5 Å². The summed E-state index contributed by atoms with van der Waals surface area (Å²) in [6.07, 6.45) is 0.000678. The minimum Gasteiger partial charge on any atom is -0.350 e. The van der Waals surface area contributed by atoms with Gasteiger partial charge in [0.25, 0.3) is 15.9 Å². The van der Waals surface area contributed by atoms with Crippen LogP contribution in [-0.4, -0.2) is 53.5 Å². The van der Waals surface area contributed by atoms with E-state index in [1.807, 2.05) is 20.8 Å². The summed E-state index contributed by atoms with van der Waals surface area (Å²) >= 11 is 0. The average Bonchev–Trinajstić information content (AvgIpc) is 2.97. The molecule has 1 aliphatic rings. The van der Waals surface area contributed by atoms with E-state index >= 15 is 0 Å². The summed E-state index contributed by atoms with van der Waals surface area (Å²) in [7, 11) is -4.05. The molecule has 8 nitrogen and oxygen atoms in total. The van der Waals surface area contributed by atoms with Gasteiger partial charge in [-0.2, -0.15) is 0 Å². The zero-order valence-electron chi connectivity index (χ0n) is 20.2. The molecule has 3 amide bonds. The van der Waals surface area contributed by atoms with Crippen molar-refractivity contribution in [1.29, 1.82) is 0 Å². The maximum absolute atomic E-state index is 13.4. The molecule has 1 aliphatic heterocycles. The molecule has 0 bridgehead atoms. The summed E-state index contributed by atoms with van der Waals surface area (Å²) in [6, 6.07) is 10.6. The van der Waals surface area contributed by atoms with E-state index < -0.39 is 39.2 Å². The predicted octanol–water partition coefficient (Wildman–Crippen LogP) is 3.08. The molecule has 0 radical (unpaired) electrons. The highest BCUT2D eigenvalue weighted by Crippen LogP contribution is 2.30. The molecule has 0 aliphatic carbocycles. The molecule has 0 saturated heterocycles. The van der Waals surface area contributed by atoms with Gasteiger partial charge in [-0.3, -0.25) is 14.4 Å². The normalized spacial score (nSPS) is 15.5. The van der Waals surface area contributed by atoms with Crippen LogP contribution in [0.3, 0.4) is 0 Å². The number of rotatable bonds is 8. The fourth-order valence-corrected chi connectivity index (χ4v) is 5.52. The highest BCUT2D eigenvalue weighted by molar-refractivity contribution is 7.90. The number of fused-ring (bicyclic) bond motifs is 1. The van der Waals surface area contributed by atoms with Gasteiger partial charge in [-0.1, -0.05) is 31.2 Å². The van der Waals surface area contributed by atoms with Crippen LogP contribution in [-0.2, 0) is 26.2 Å². The molecule has 2 aromatic carbocycles. The second-order valence-corrected chi connectivity index (χ2v) is 11.3. The summed E-state index contributed by atoms with van der Waals surface area (Å²) < 4.78 is 39.8. The Labute approximate surface area is 205 Å². The Morgan fingerprint density at radius 2 is 1.71 bits per heavy atom. The van der Waals surface area contributed by atoms with Crippen LogP contribution in [0.4, 0.5) is 4.39 Å². The van der Waals surface area contributed by atoms with Gasteiger partial charge in [0.2, 0.25) is 11.8 Å². The Morgan fingerprint density at radius 3 is 2.29 bits per heavy atom. The molecular weight excluding hydrogens is 473 g/mol. The lowest BCUT2D eigenvalue weighted by Crippen LogP contribution is -2.53. The van der Waals surface area contributed by atoms with Crippen LogP contribution in [0.1, 0.15) is 56.5 Å². The molecule has 0 fully saturated rings. The molecule has 1 heterocycles. The van der Waals surface area contributed by atoms with Crippen molar-refractivity contribution in [2.75, 3.05) is 6.54 Å². The molecule has 188 valence electrons. The fraction of sp³-hybridized carbons (Fsp3) is 0.400. The number of nitrogens with one attached hydrogen (secondary N) is 1. The lowest BCUT2D eigenvalue weighted by atomic mass is 10.1. The van der Waals surface area contributed by atoms with Crippen molar-refractivity contribution < 1.29 is 27.2 Å². The first kappa shape index (κ1) is 26.3. The fourth-order valence-electron chi connectivity index (χ4n) is 3.95. The molecule has 1 N–H and O–H groups in total. The number of hydrogen-bond donors (Lipinski definition) is 1. The van der Waals surface area contributed by atoms with Crippen LogP contribution in [0.25, 0.3) is 0 Å². The maximum atomic E-state index is 13.4. The van der Waals surface area contributed by atoms with Crippen molar-refractivity contribution in [3.63, 3.8) is 0 Å². The topological polar surface area (TPSA) is 104 Å². The number of nitrogens with zero attached hydrogens (tertiary/aromatic N) is 2. The van der Waals surface area contributed by atoms with Crippen LogP contribution >= 0.6 is 0 Å². The van der Waals surface area contributed by atoms with Gasteiger partial charge in [0.15, 0.2) is 0 Å². The third kappa shape index (κ3) is 5.87. The largest absolute Gasteiger partial charge is 0.350 e. The molecule has 10 heteroatoms. The first-order valence-corrected chi connectivity index (χ1v) is 12.8. The second-order valence-electron chi connectivity index (χ2n) is 9.44. The first-order valence-electron chi connectivity index (χ1n) is 11.4. The van der Waals surface area contributed by atoms with Gasteiger partial charge in [0.05, 0.1) is 5.56 Å². The Hall–Kier alpha value is -3.27.